The molecule has 0 saturated carbocycles. The van der Waals surface area contributed by atoms with Crippen LogP contribution in [0, 0.1) is 0 Å². The number of aromatic nitrogens is 1. The van der Waals surface area contributed by atoms with Gasteiger partial charge in [0.25, 0.3) is 0 Å². The Labute approximate surface area is 82.5 Å². The molecule has 76 valence electrons. The number of amides is 1. The molecule has 5 nitrogen and oxygen atoms in total. The predicted molar refractivity (Wildman–Crippen MR) is 53.3 cm³/mol. The topological polar surface area (TPSA) is 63.2 Å². The Kier molecular flexibility index (Phi) is 3.87. The van der Waals surface area contributed by atoms with Crippen LogP contribution in [0.4, 0.5) is 5.82 Å². The van der Waals surface area contributed by atoms with Gasteiger partial charge in [-0.2, -0.15) is 0 Å². The van der Waals surface area contributed by atoms with Gasteiger partial charge in [0.05, 0.1) is 19.9 Å². The highest BCUT2D eigenvalue weighted by molar-refractivity contribution is 5.91. The first-order chi connectivity index (χ1) is 6.76. The van der Waals surface area contributed by atoms with Crippen LogP contribution >= 0.6 is 0 Å². The number of likely N-dealkylation sites (N-methyl/N-ethyl adjacent to an activating group) is 1. The van der Waals surface area contributed by atoms with Crippen molar-refractivity contribution in [2.75, 3.05) is 26.0 Å². The lowest BCUT2D eigenvalue weighted by atomic mass is 10.4. The van der Waals surface area contributed by atoms with E-state index in [9.17, 15) is 4.79 Å². The summed E-state index contributed by atoms with van der Waals surface area (Å²) in [4.78, 5) is 15.1. The number of hydrogen-bond acceptors (Lipinski definition) is 4. The van der Waals surface area contributed by atoms with Crippen molar-refractivity contribution in [2.45, 2.75) is 0 Å². The second-order valence-corrected chi connectivity index (χ2v) is 2.66. The van der Waals surface area contributed by atoms with Gasteiger partial charge < -0.3 is 15.4 Å². The molecule has 0 aromatic carbocycles. The molecule has 0 atom stereocenters. The van der Waals surface area contributed by atoms with Gasteiger partial charge in [0.2, 0.25) is 5.91 Å². The van der Waals surface area contributed by atoms with Gasteiger partial charge in [-0.1, -0.05) is 0 Å². The summed E-state index contributed by atoms with van der Waals surface area (Å²) in [6.45, 7) is 0.272. The Morgan fingerprint density at radius 2 is 2.36 bits per heavy atom. The first-order valence-electron chi connectivity index (χ1n) is 4.20. The molecule has 0 aliphatic carbocycles. The van der Waals surface area contributed by atoms with Gasteiger partial charge in [-0.15, -0.1) is 0 Å². The Bertz CT molecular complexity index is 297. The van der Waals surface area contributed by atoms with E-state index in [1.54, 1.807) is 32.5 Å². The number of anilines is 1. The lowest BCUT2D eigenvalue weighted by molar-refractivity contribution is -0.115. The fourth-order valence-electron chi connectivity index (χ4n) is 0.923. The molecule has 1 heterocycles. The summed E-state index contributed by atoms with van der Waals surface area (Å²) in [6, 6.07) is 3.42. The summed E-state index contributed by atoms with van der Waals surface area (Å²) < 4.78 is 4.93. The van der Waals surface area contributed by atoms with Crippen LogP contribution in [0.15, 0.2) is 18.3 Å². The van der Waals surface area contributed by atoms with E-state index in [-0.39, 0.29) is 12.5 Å². The number of rotatable bonds is 4. The lowest BCUT2D eigenvalue weighted by Gasteiger charge is -2.04. The van der Waals surface area contributed by atoms with Gasteiger partial charge in [-0.25, -0.2) is 4.98 Å². The van der Waals surface area contributed by atoms with Crippen LogP contribution in [0.25, 0.3) is 0 Å². The molecular formula is C9H13N3O2. The van der Waals surface area contributed by atoms with Crippen molar-refractivity contribution in [3.05, 3.63) is 18.3 Å². The van der Waals surface area contributed by atoms with Gasteiger partial charge in [0.1, 0.15) is 11.6 Å². The summed E-state index contributed by atoms with van der Waals surface area (Å²) in [5.74, 6) is 1.06. The van der Waals surface area contributed by atoms with Gasteiger partial charge in [-0.3, -0.25) is 4.79 Å². The van der Waals surface area contributed by atoms with E-state index in [0.29, 0.717) is 11.6 Å². The number of hydrogen-bond donors (Lipinski definition) is 2. The minimum atomic E-state index is -0.120. The van der Waals surface area contributed by atoms with E-state index in [1.807, 2.05) is 0 Å². The molecule has 1 rings (SSSR count). The lowest BCUT2D eigenvalue weighted by Crippen LogP contribution is -2.25. The van der Waals surface area contributed by atoms with Crippen LogP contribution in [0.5, 0.6) is 5.75 Å². The molecule has 1 amide bonds. The average Bonchev–Trinajstić information content (AvgIpc) is 2.19. The van der Waals surface area contributed by atoms with E-state index in [4.69, 9.17) is 4.74 Å². The van der Waals surface area contributed by atoms with Gasteiger partial charge in [-0.05, 0) is 19.2 Å². The number of nitrogens with zero attached hydrogens (tertiary/aromatic N) is 1. The quantitative estimate of drug-likeness (QED) is 0.722. The minimum Gasteiger partial charge on any atom is -0.495 e. The van der Waals surface area contributed by atoms with Crippen molar-refractivity contribution in [1.82, 2.24) is 10.3 Å². The molecular weight excluding hydrogens is 182 g/mol. The van der Waals surface area contributed by atoms with Crippen LogP contribution in [0.1, 0.15) is 0 Å². The Hall–Kier alpha value is -1.62. The third-order valence-electron chi connectivity index (χ3n) is 1.58. The van der Waals surface area contributed by atoms with Crippen LogP contribution in [0.2, 0.25) is 0 Å². The second-order valence-electron chi connectivity index (χ2n) is 2.66. The maximum atomic E-state index is 11.1. The monoisotopic (exact) mass is 195 g/mol. The van der Waals surface area contributed by atoms with Crippen molar-refractivity contribution in [2.24, 2.45) is 0 Å². The number of ether oxygens (including phenoxy) is 1. The van der Waals surface area contributed by atoms with Crippen molar-refractivity contribution < 1.29 is 9.53 Å². The third-order valence-corrected chi connectivity index (χ3v) is 1.58. The minimum absolute atomic E-state index is 0.120. The van der Waals surface area contributed by atoms with Gasteiger partial charge in [0, 0.05) is 0 Å². The normalized spacial score (nSPS) is 9.57. The molecule has 0 radical (unpaired) electrons. The number of nitrogens with one attached hydrogen (secondary N) is 2. The number of pyridine rings is 1. The molecule has 14 heavy (non-hydrogen) atoms. The van der Waals surface area contributed by atoms with E-state index in [1.165, 1.54) is 0 Å². The highest BCUT2D eigenvalue weighted by Gasteiger charge is 2.00. The average molecular weight is 195 g/mol. The Morgan fingerprint density at radius 1 is 1.57 bits per heavy atom. The summed E-state index contributed by atoms with van der Waals surface area (Å²) >= 11 is 0. The van der Waals surface area contributed by atoms with E-state index in [0.717, 1.165) is 0 Å². The molecule has 0 fully saturated rings. The van der Waals surface area contributed by atoms with Crippen molar-refractivity contribution in [1.29, 1.82) is 0 Å². The largest absolute Gasteiger partial charge is 0.495 e. The van der Waals surface area contributed by atoms with Crippen LogP contribution in [-0.2, 0) is 4.79 Å². The summed E-state index contributed by atoms with van der Waals surface area (Å²) in [6.07, 6.45) is 1.55. The first kappa shape index (κ1) is 10.5. The van der Waals surface area contributed by atoms with Gasteiger partial charge in [0.15, 0.2) is 0 Å². The zero-order valence-corrected chi connectivity index (χ0v) is 8.20. The zero-order valence-electron chi connectivity index (χ0n) is 8.20. The molecule has 0 saturated heterocycles. The maximum absolute atomic E-state index is 11.1. The highest BCUT2D eigenvalue weighted by Crippen LogP contribution is 2.10. The zero-order chi connectivity index (χ0) is 10.4. The SMILES string of the molecule is CNCC(=O)Nc1ccc(OC)cn1. The Morgan fingerprint density at radius 3 is 2.86 bits per heavy atom. The van der Waals surface area contributed by atoms with Gasteiger partial charge >= 0.3 is 0 Å². The van der Waals surface area contributed by atoms with E-state index in [2.05, 4.69) is 15.6 Å². The fraction of sp³-hybridized carbons (Fsp3) is 0.333. The molecule has 0 unspecified atom stereocenters. The summed E-state index contributed by atoms with van der Waals surface area (Å²) in [5, 5.41) is 5.37. The standard InChI is InChI=1S/C9H13N3O2/c1-10-6-9(13)12-8-4-3-7(14-2)5-11-8/h3-5,10H,6H2,1-2H3,(H,11,12,13). The number of carbonyl (C=O) groups is 1. The fourth-order valence-corrected chi connectivity index (χ4v) is 0.923. The molecule has 2 N–H and O–H groups in total. The third kappa shape index (κ3) is 3.02. The molecule has 0 bridgehead atoms. The van der Waals surface area contributed by atoms with Crippen LogP contribution < -0.4 is 15.4 Å². The number of methoxy groups -OCH3 is 1. The highest BCUT2D eigenvalue weighted by atomic mass is 16.5. The van der Waals surface area contributed by atoms with E-state index >= 15 is 0 Å². The molecule has 0 aliphatic heterocycles. The molecule has 0 spiro atoms. The van der Waals surface area contributed by atoms with Crippen LogP contribution in [-0.4, -0.2) is 31.6 Å². The smallest absolute Gasteiger partial charge is 0.239 e. The van der Waals surface area contributed by atoms with Crippen molar-refractivity contribution >= 4 is 11.7 Å². The van der Waals surface area contributed by atoms with E-state index < -0.39 is 0 Å². The van der Waals surface area contributed by atoms with Crippen LogP contribution in [0.3, 0.4) is 0 Å². The summed E-state index contributed by atoms with van der Waals surface area (Å²) in [5.41, 5.74) is 0. The molecule has 5 heteroatoms. The first-order valence-corrected chi connectivity index (χ1v) is 4.20. The number of carbonyl (C=O) groups excluding carboxylic acids is 1. The summed E-state index contributed by atoms with van der Waals surface area (Å²) in [7, 11) is 3.28. The van der Waals surface area contributed by atoms with Crippen molar-refractivity contribution in [3.8, 4) is 5.75 Å². The molecule has 1 aromatic rings. The molecule has 0 aliphatic rings. The Balaban J connectivity index is 2.55. The maximum Gasteiger partial charge on any atom is 0.239 e. The second kappa shape index (κ2) is 5.18. The van der Waals surface area contributed by atoms with Crippen molar-refractivity contribution in [3.63, 3.8) is 0 Å². The predicted octanol–water partition coefficient (Wildman–Crippen LogP) is 0.248. The molecule has 1 aromatic heterocycles.